The predicted octanol–water partition coefficient (Wildman–Crippen LogP) is 3.54. The summed E-state index contributed by atoms with van der Waals surface area (Å²) in [5.74, 6) is -0.0943. The summed E-state index contributed by atoms with van der Waals surface area (Å²) in [6.45, 7) is 1.98. The number of anilines is 1. The number of hydrogen-bond acceptors (Lipinski definition) is 3. The quantitative estimate of drug-likeness (QED) is 0.701. The first-order valence-electron chi connectivity index (χ1n) is 6.27. The van der Waals surface area contributed by atoms with Crippen LogP contribution in [-0.4, -0.2) is 5.11 Å². The van der Waals surface area contributed by atoms with Gasteiger partial charge in [0.1, 0.15) is 23.3 Å². The van der Waals surface area contributed by atoms with Crippen LogP contribution < -0.4 is 5.73 Å². The maximum Gasteiger partial charge on any atom is 0.139 e. The molecule has 3 aromatic rings. The lowest BCUT2D eigenvalue weighted by atomic mass is 10.0. The third-order valence-corrected chi connectivity index (χ3v) is 3.30. The molecule has 1 unspecified atom stereocenters. The van der Waals surface area contributed by atoms with Gasteiger partial charge in [0.15, 0.2) is 0 Å². The Labute approximate surface area is 115 Å². The maximum absolute atomic E-state index is 13.3. The van der Waals surface area contributed by atoms with Gasteiger partial charge < -0.3 is 15.3 Å². The van der Waals surface area contributed by atoms with E-state index in [1.54, 1.807) is 6.07 Å². The molecule has 0 aliphatic heterocycles. The zero-order chi connectivity index (χ0) is 14.3. The normalized spacial score (nSPS) is 12.8. The van der Waals surface area contributed by atoms with Gasteiger partial charge in [-0.05, 0) is 43.3 Å². The number of benzene rings is 2. The molecule has 0 spiro atoms. The van der Waals surface area contributed by atoms with Gasteiger partial charge in [-0.2, -0.15) is 0 Å². The van der Waals surface area contributed by atoms with E-state index in [0.717, 1.165) is 10.9 Å². The molecule has 0 fully saturated rings. The van der Waals surface area contributed by atoms with E-state index in [-0.39, 0.29) is 0 Å². The van der Waals surface area contributed by atoms with Crippen LogP contribution in [0.2, 0.25) is 0 Å². The van der Waals surface area contributed by atoms with Crippen molar-refractivity contribution in [2.24, 2.45) is 0 Å². The topological polar surface area (TPSA) is 59.4 Å². The molecule has 4 heteroatoms. The second-order valence-corrected chi connectivity index (χ2v) is 4.87. The van der Waals surface area contributed by atoms with Crippen molar-refractivity contribution in [2.75, 3.05) is 5.73 Å². The van der Waals surface area contributed by atoms with Gasteiger partial charge in [-0.25, -0.2) is 4.39 Å². The number of nitrogens with two attached hydrogens (primary N) is 1. The van der Waals surface area contributed by atoms with Gasteiger partial charge in [-0.15, -0.1) is 0 Å². The molecule has 3 nitrogen and oxygen atoms in total. The summed E-state index contributed by atoms with van der Waals surface area (Å²) in [5, 5.41) is 11.2. The van der Waals surface area contributed by atoms with Crippen LogP contribution >= 0.6 is 0 Å². The Kier molecular flexibility index (Phi) is 2.95. The van der Waals surface area contributed by atoms with Gasteiger partial charge in [0.05, 0.1) is 0 Å². The van der Waals surface area contributed by atoms with E-state index in [1.807, 2.05) is 25.1 Å². The zero-order valence-corrected chi connectivity index (χ0v) is 10.9. The molecule has 0 aliphatic carbocycles. The van der Waals surface area contributed by atoms with Crippen LogP contribution in [0.3, 0.4) is 0 Å². The summed E-state index contributed by atoms with van der Waals surface area (Å²) < 4.78 is 18.9. The Morgan fingerprint density at radius 2 is 1.95 bits per heavy atom. The number of aliphatic hydroxyl groups is 1. The van der Waals surface area contributed by atoms with Crippen LogP contribution in [0.4, 0.5) is 10.1 Å². The molecule has 0 bridgehead atoms. The highest BCUT2D eigenvalue weighted by Crippen LogP contribution is 2.31. The summed E-state index contributed by atoms with van der Waals surface area (Å²) in [6.07, 6.45) is -1.08. The lowest BCUT2D eigenvalue weighted by molar-refractivity contribution is 0.192. The largest absolute Gasteiger partial charge is 0.458 e. The SMILES string of the molecule is Cc1ccc2oc(C(O)c3cc(F)ccc3N)cc2c1. The second-order valence-electron chi connectivity index (χ2n) is 4.87. The zero-order valence-electron chi connectivity index (χ0n) is 10.9. The molecule has 3 N–H and O–H groups in total. The highest BCUT2D eigenvalue weighted by Gasteiger charge is 2.18. The van der Waals surface area contributed by atoms with Crippen LogP contribution in [0.1, 0.15) is 23.0 Å². The van der Waals surface area contributed by atoms with E-state index in [2.05, 4.69) is 0 Å². The number of hydrogen-bond donors (Lipinski definition) is 2. The van der Waals surface area contributed by atoms with E-state index >= 15 is 0 Å². The summed E-state index contributed by atoms with van der Waals surface area (Å²) in [6, 6.07) is 11.4. The third kappa shape index (κ3) is 2.14. The minimum Gasteiger partial charge on any atom is -0.458 e. The molecule has 1 atom stereocenters. The fourth-order valence-corrected chi connectivity index (χ4v) is 2.25. The Morgan fingerprint density at radius 1 is 1.15 bits per heavy atom. The fraction of sp³-hybridized carbons (Fsp3) is 0.125. The Bertz CT molecular complexity index is 779. The van der Waals surface area contributed by atoms with Crippen LogP contribution in [-0.2, 0) is 0 Å². The van der Waals surface area contributed by atoms with Gasteiger partial charge in [-0.1, -0.05) is 11.6 Å². The van der Waals surface area contributed by atoms with Gasteiger partial charge >= 0.3 is 0 Å². The van der Waals surface area contributed by atoms with Crippen molar-refractivity contribution in [1.82, 2.24) is 0 Å². The number of aliphatic hydroxyl groups excluding tert-OH is 1. The van der Waals surface area contributed by atoms with Crippen LogP contribution in [0.5, 0.6) is 0 Å². The second kappa shape index (κ2) is 4.65. The number of nitrogen functional groups attached to an aromatic ring is 1. The molecular weight excluding hydrogens is 257 g/mol. The summed E-state index contributed by atoms with van der Waals surface area (Å²) in [4.78, 5) is 0. The van der Waals surface area contributed by atoms with Crippen molar-refractivity contribution in [3.63, 3.8) is 0 Å². The maximum atomic E-state index is 13.3. The van der Waals surface area contributed by atoms with Crippen LogP contribution in [0.15, 0.2) is 46.9 Å². The van der Waals surface area contributed by atoms with Crippen molar-refractivity contribution < 1.29 is 13.9 Å². The highest BCUT2D eigenvalue weighted by atomic mass is 19.1. The molecule has 1 heterocycles. The standard InChI is InChI=1S/C16H14FNO2/c1-9-2-5-14-10(6-9)7-15(20-14)16(19)12-8-11(17)3-4-13(12)18/h2-8,16,19H,18H2,1H3. The van der Waals surface area contributed by atoms with Crippen molar-refractivity contribution in [3.8, 4) is 0 Å². The van der Waals surface area contributed by atoms with Gasteiger partial charge in [0.2, 0.25) is 0 Å². The third-order valence-electron chi connectivity index (χ3n) is 3.30. The monoisotopic (exact) mass is 271 g/mol. The van der Waals surface area contributed by atoms with E-state index in [9.17, 15) is 9.50 Å². The molecule has 2 aromatic carbocycles. The molecule has 3 rings (SSSR count). The average molecular weight is 271 g/mol. The number of rotatable bonds is 2. The minimum atomic E-state index is -1.08. The molecule has 102 valence electrons. The highest BCUT2D eigenvalue weighted by molar-refractivity contribution is 5.79. The lowest BCUT2D eigenvalue weighted by Crippen LogP contribution is -2.03. The molecular formula is C16H14FNO2. The number of fused-ring (bicyclic) bond motifs is 1. The molecule has 20 heavy (non-hydrogen) atoms. The van der Waals surface area contributed by atoms with Crippen molar-refractivity contribution >= 4 is 16.7 Å². The van der Waals surface area contributed by atoms with Gasteiger partial charge in [0.25, 0.3) is 0 Å². The van der Waals surface area contributed by atoms with Gasteiger partial charge in [0, 0.05) is 16.6 Å². The first-order chi connectivity index (χ1) is 9.54. The molecule has 0 radical (unpaired) electrons. The predicted molar refractivity (Wildman–Crippen MR) is 75.8 cm³/mol. The number of aryl methyl sites for hydroxylation is 1. The molecule has 0 saturated carbocycles. The lowest BCUT2D eigenvalue weighted by Gasteiger charge is -2.10. The Morgan fingerprint density at radius 3 is 2.75 bits per heavy atom. The smallest absolute Gasteiger partial charge is 0.139 e. The average Bonchev–Trinajstić information content (AvgIpc) is 2.83. The molecule has 1 aromatic heterocycles. The molecule has 0 saturated heterocycles. The van der Waals surface area contributed by atoms with E-state index in [4.69, 9.17) is 10.2 Å². The first-order valence-corrected chi connectivity index (χ1v) is 6.27. The fourth-order valence-electron chi connectivity index (χ4n) is 2.25. The summed E-state index contributed by atoms with van der Waals surface area (Å²) in [7, 11) is 0. The Balaban J connectivity index is 2.07. The molecule has 0 amide bonds. The van der Waals surface area contributed by atoms with Crippen LogP contribution in [0.25, 0.3) is 11.0 Å². The van der Waals surface area contributed by atoms with E-state index < -0.39 is 11.9 Å². The summed E-state index contributed by atoms with van der Waals surface area (Å²) >= 11 is 0. The van der Waals surface area contributed by atoms with E-state index in [1.165, 1.54) is 18.2 Å². The van der Waals surface area contributed by atoms with Crippen molar-refractivity contribution in [2.45, 2.75) is 13.0 Å². The Hall–Kier alpha value is -2.33. The minimum absolute atomic E-state index is 0.306. The van der Waals surface area contributed by atoms with Crippen molar-refractivity contribution in [1.29, 1.82) is 0 Å². The molecule has 0 aliphatic rings. The summed E-state index contributed by atoms with van der Waals surface area (Å²) in [5.41, 5.74) is 8.19. The van der Waals surface area contributed by atoms with Crippen LogP contribution in [0, 0.1) is 12.7 Å². The van der Waals surface area contributed by atoms with Crippen molar-refractivity contribution in [3.05, 3.63) is 65.2 Å². The number of halogens is 1. The van der Waals surface area contributed by atoms with Gasteiger partial charge in [-0.3, -0.25) is 0 Å². The van der Waals surface area contributed by atoms with E-state index in [0.29, 0.717) is 22.6 Å². The first kappa shape index (κ1) is 12.7. The number of furan rings is 1.